The van der Waals surface area contributed by atoms with Gasteiger partial charge in [0, 0.05) is 18.4 Å². The molecule has 5 nitrogen and oxygen atoms in total. The molecule has 0 saturated heterocycles. The highest BCUT2D eigenvalue weighted by molar-refractivity contribution is 5.85. The van der Waals surface area contributed by atoms with Gasteiger partial charge in [0.2, 0.25) is 5.91 Å². The molecule has 112 valence electrons. The van der Waals surface area contributed by atoms with E-state index in [1.807, 2.05) is 30.3 Å². The Kier molecular flexibility index (Phi) is 4.98. The van der Waals surface area contributed by atoms with Crippen LogP contribution in [-0.2, 0) is 9.59 Å². The fourth-order valence-corrected chi connectivity index (χ4v) is 2.11. The molecule has 0 radical (unpaired) electrons. The van der Waals surface area contributed by atoms with Crippen LogP contribution in [0.4, 0.5) is 0 Å². The molecule has 21 heavy (non-hydrogen) atoms. The van der Waals surface area contributed by atoms with Crippen molar-refractivity contribution in [3.05, 3.63) is 36.1 Å². The molecule has 0 aliphatic heterocycles. The van der Waals surface area contributed by atoms with Gasteiger partial charge in [-0.05, 0) is 31.9 Å². The Balaban J connectivity index is 1.85. The SMILES string of the molecule is CC(C(=O)NCCCCC(=O)O)c1cc2ccccc2o1. The summed E-state index contributed by atoms with van der Waals surface area (Å²) in [7, 11) is 0. The summed E-state index contributed by atoms with van der Waals surface area (Å²) in [5.41, 5.74) is 0.772. The van der Waals surface area contributed by atoms with E-state index in [1.54, 1.807) is 6.92 Å². The number of carbonyl (C=O) groups excluding carboxylic acids is 1. The lowest BCUT2D eigenvalue weighted by Gasteiger charge is -2.09. The van der Waals surface area contributed by atoms with Crippen molar-refractivity contribution in [3.63, 3.8) is 0 Å². The fourth-order valence-electron chi connectivity index (χ4n) is 2.11. The minimum atomic E-state index is -0.808. The van der Waals surface area contributed by atoms with E-state index >= 15 is 0 Å². The summed E-state index contributed by atoms with van der Waals surface area (Å²) in [6.07, 6.45) is 1.36. The number of carbonyl (C=O) groups is 2. The van der Waals surface area contributed by atoms with Gasteiger partial charge >= 0.3 is 5.97 Å². The first kappa shape index (κ1) is 15.1. The Morgan fingerprint density at radius 2 is 2.05 bits per heavy atom. The van der Waals surface area contributed by atoms with Gasteiger partial charge in [0.15, 0.2) is 0 Å². The smallest absolute Gasteiger partial charge is 0.303 e. The predicted molar refractivity (Wildman–Crippen MR) is 79.1 cm³/mol. The number of benzene rings is 1. The number of nitrogens with one attached hydrogen (secondary N) is 1. The molecule has 0 aliphatic rings. The van der Waals surface area contributed by atoms with Crippen LogP contribution in [0.5, 0.6) is 0 Å². The van der Waals surface area contributed by atoms with Crippen molar-refractivity contribution in [1.82, 2.24) is 5.32 Å². The average Bonchev–Trinajstić information content (AvgIpc) is 2.89. The van der Waals surface area contributed by atoms with E-state index in [4.69, 9.17) is 9.52 Å². The molecular weight excluding hydrogens is 270 g/mol. The molecule has 0 fully saturated rings. The summed E-state index contributed by atoms with van der Waals surface area (Å²) >= 11 is 0. The van der Waals surface area contributed by atoms with E-state index < -0.39 is 5.97 Å². The first-order valence-electron chi connectivity index (χ1n) is 7.06. The minimum absolute atomic E-state index is 0.107. The molecule has 2 rings (SSSR count). The molecule has 2 N–H and O–H groups in total. The zero-order chi connectivity index (χ0) is 15.2. The molecule has 1 amide bonds. The number of rotatable bonds is 7. The molecule has 1 unspecified atom stereocenters. The highest BCUT2D eigenvalue weighted by atomic mass is 16.4. The molecule has 1 aromatic carbocycles. The van der Waals surface area contributed by atoms with Crippen LogP contribution in [0.2, 0.25) is 0 Å². The van der Waals surface area contributed by atoms with Crippen LogP contribution in [0, 0.1) is 0 Å². The molecule has 0 saturated carbocycles. The minimum Gasteiger partial charge on any atom is -0.481 e. The third-order valence-electron chi connectivity index (χ3n) is 3.38. The summed E-state index contributed by atoms with van der Waals surface area (Å²) in [6.45, 7) is 2.28. The maximum atomic E-state index is 12.0. The highest BCUT2D eigenvalue weighted by Crippen LogP contribution is 2.24. The van der Waals surface area contributed by atoms with Gasteiger partial charge < -0.3 is 14.8 Å². The fraction of sp³-hybridized carbons (Fsp3) is 0.375. The van der Waals surface area contributed by atoms with E-state index in [0.717, 1.165) is 11.0 Å². The number of furan rings is 1. The number of aliphatic carboxylic acids is 1. The lowest BCUT2D eigenvalue weighted by atomic mass is 10.1. The highest BCUT2D eigenvalue weighted by Gasteiger charge is 2.18. The molecule has 2 aromatic rings. The lowest BCUT2D eigenvalue weighted by Crippen LogP contribution is -2.28. The van der Waals surface area contributed by atoms with E-state index in [9.17, 15) is 9.59 Å². The number of fused-ring (bicyclic) bond motifs is 1. The molecule has 0 spiro atoms. The summed E-state index contributed by atoms with van der Waals surface area (Å²) in [4.78, 5) is 22.4. The van der Waals surface area contributed by atoms with E-state index in [-0.39, 0.29) is 18.2 Å². The van der Waals surface area contributed by atoms with Crippen molar-refractivity contribution < 1.29 is 19.1 Å². The van der Waals surface area contributed by atoms with Crippen molar-refractivity contribution in [2.24, 2.45) is 0 Å². The van der Waals surface area contributed by atoms with Gasteiger partial charge in [-0.15, -0.1) is 0 Å². The number of para-hydroxylation sites is 1. The van der Waals surface area contributed by atoms with Gasteiger partial charge in [-0.2, -0.15) is 0 Å². The van der Waals surface area contributed by atoms with Crippen molar-refractivity contribution in [2.45, 2.75) is 32.1 Å². The van der Waals surface area contributed by atoms with E-state index in [0.29, 0.717) is 25.1 Å². The van der Waals surface area contributed by atoms with Gasteiger partial charge in [-0.25, -0.2) is 0 Å². The van der Waals surface area contributed by atoms with Gasteiger partial charge in [0.25, 0.3) is 0 Å². The largest absolute Gasteiger partial charge is 0.481 e. The van der Waals surface area contributed by atoms with Crippen LogP contribution < -0.4 is 5.32 Å². The second-order valence-electron chi connectivity index (χ2n) is 5.05. The standard InChI is InChI=1S/C16H19NO4/c1-11(16(20)17-9-5-4-8-15(18)19)14-10-12-6-2-3-7-13(12)21-14/h2-3,6-7,10-11H,4-5,8-9H2,1H3,(H,17,20)(H,18,19). The summed E-state index contributed by atoms with van der Waals surface area (Å²) in [5, 5.41) is 12.3. The zero-order valence-corrected chi connectivity index (χ0v) is 12.0. The van der Waals surface area contributed by atoms with Gasteiger partial charge in [0.05, 0.1) is 5.92 Å². The van der Waals surface area contributed by atoms with Crippen LogP contribution in [0.15, 0.2) is 34.7 Å². The first-order chi connectivity index (χ1) is 10.1. The Labute approximate surface area is 122 Å². The third kappa shape index (κ3) is 4.08. The van der Waals surface area contributed by atoms with Gasteiger partial charge in [-0.3, -0.25) is 9.59 Å². The lowest BCUT2D eigenvalue weighted by molar-refractivity contribution is -0.137. The van der Waals surface area contributed by atoms with E-state index in [1.165, 1.54) is 0 Å². The summed E-state index contributed by atoms with van der Waals surface area (Å²) in [6, 6.07) is 9.51. The second-order valence-corrected chi connectivity index (χ2v) is 5.05. The molecule has 1 aromatic heterocycles. The number of carboxylic acids is 1. The van der Waals surface area contributed by atoms with Crippen molar-refractivity contribution in [3.8, 4) is 0 Å². The topological polar surface area (TPSA) is 79.5 Å². The monoisotopic (exact) mass is 289 g/mol. The zero-order valence-electron chi connectivity index (χ0n) is 12.0. The van der Waals surface area contributed by atoms with E-state index in [2.05, 4.69) is 5.32 Å². The summed E-state index contributed by atoms with van der Waals surface area (Å²) < 4.78 is 5.67. The van der Waals surface area contributed by atoms with Gasteiger partial charge in [0.1, 0.15) is 11.3 Å². The number of amides is 1. The molecule has 1 atom stereocenters. The maximum absolute atomic E-state index is 12.0. The van der Waals surface area contributed by atoms with Crippen LogP contribution in [-0.4, -0.2) is 23.5 Å². The van der Waals surface area contributed by atoms with Crippen LogP contribution in [0.1, 0.15) is 37.9 Å². The normalized spacial score (nSPS) is 12.2. The third-order valence-corrected chi connectivity index (χ3v) is 3.38. The number of carboxylic acid groups (broad SMARTS) is 1. The Bertz CT molecular complexity index is 599. The Morgan fingerprint density at radius 1 is 1.29 bits per heavy atom. The van der Waals surface area contributed by atoms with Crippen LogP contribution in [0.25, 0.3) is 11.0 Å². The number of hydrogen-bond acceptors (Lipinski definition) is 3. The molecule has 5 heteroatoms. The summed E-state index contributed by atoms with van der Waals surface area (Å²) in [5.74, 6) is -0.641. The number of unbranched alkanes of at least 4 members (excludes halogenated alkanes) is 1. The maximum Gasteiger partial charge on any atom is 0.303 e. The van der Waals surface area contributed by atoms with Crippen molar-refractivity contribution >= 4 is 22.8 Å². The molecule has 0 bridgehead atoms. The Hall–Kier alpha value is -2.30. The first-order valence-corrected chi connectivity index (χ1v) is 7.06. The second kappa shape index (κ2) is 6.92. The quantitative estimate of drug-likeness (QED) is 0.768. The van der Waals surface area contributed by atoms with Crippen LogP contribution >= 0.6 is 0 Å². The molecule has 0 aliphatic carbocycles. The molecular formula is C16H19NO4. The molecule has 1 heterocycles. The van der Waals surface area contributed by atoms with Crippen LogP contribution in [0.3, 0.4) is 0 Å². The van der Waals surface area contributed by atoms with Crippen molar-refractivity contribution in [1.29, 1.82) is 0 Å². The van der Waals surface area contributed by atoms with Crippen molar-refractivity contribution in [2.75, 3.05) is 6.54 Å². The Morgan fingerprint density at radius 3 is 2.76 bits per heavy atom. The average molecular weight is 289 g/mol. The predicted octanol–water partition coefficient (Wildman–Crippen LogP) is 2.91. The number of hydrogen-bond donors (Lipinski definition) is 2. The van der Waals surface area contributed by atoms with Gasteiger partial charge in [-0.1, -0.05) is 18.2 Å².